The maximum absolute atomic E-state index is 12.4. The summed E-state index contributed by atoms with van der Waals surface area (Å²) in [7, 11) is 0. The number of hydrogen-bond acceptors (Lipinski definition) is 3. The maximum Gasteiger partial charge on any atom is 0.416 e. The maximum atomic E-state index is 12.4. The zero-order valence-electron chi connectivity index (χ0n) is 11.0. The molecule has 0 aliphatic carbocycles. The van der Waals surface area contributed by atoms with Gasteiger partial charge in [0.1, 0.15) is 5.76 Å². The number of aryl methyl sites for hydroxylation is 1. The molecular weight excluding hydrogens is 287 g/mol. The van der Waals surface area contributed by atoms with Crippen molar-refractivity contribution in [1.82, 2.24) is 0 Å². The molecule has 0 saturated carbocycles. The second-order valence-corrected chi connectivity index (χ2v) is 4.43. The van der Waals surface area contributed by atoms with E-state index in [2.05, 4.69) is 5.32 Å². The summed E-state index contributed by atoms with van der Waals surface area (Å²) in [6.07, 6.45) is -4.37. The Labute approximate surface area is 118 Å². The molecule has 21 heavy (non-hydrogen) atoms. The van der Waals surface area contributed by atoms with Gasteiger partial charge in [0, 0.05) is 17.8 Å². The van der Waals surface area contributed by atoms with Crippen LogP contribution in [0.25, 0.3) is 0 Å². The number of aromatic carboxylic acids is 1. The Kier molecular flexibility index (Phi) is 3.93. The highest BCUT2D eigenvalue weighted by atomic mass is 19.4. The van der Waals surface area contributed by atoms with Crippen LogP contribution < -0.4 is 5.32 Å². The summed E-state index contributed by atoms with van der Waals surface area (Å²) < 4.78 is 42.3. The Morgan fingerprint density at radius 2 is 1.90 bits per heavy atom. The van der Waals surface area contributed by atoms with Gasteiger partial charge >= 0.3 is 12.1 Å². The monoisotopic (exact) mass is 299 g/mol. The van der Waals surface area contributed by atoms with E-state index in [4.69, 9.17) is 9.52 Å². The van der Waals surface area contributed by atoms with Crippen molar-refractivity contribution in [2.45, 2.75) is 19.6 Å². The Morgan fingerprint density at radius 3 is 2.38 bits per heavy atom. The smallest absolute Gasteiger partial charge is 0.416 e. The molecule has 0 saturated heterocycles. The molecule has 7 heteroatoms. The molecule has 0 bridgehead atoms. The van der Waals surface area contributed by atoms with Crippen LogP contribution in [0.1, 0.15) is 27.4 Å². The van der Waals surface area contributed by atoms with Crippen LogP contribution >= 0.6 is 0 Å². The Morgan fingerprint density at radius 1 is 1.29 bits per heavy atom. The van der Waals surface area contributed by atoms with Gasteiger partial charge in [-0.05, 0) is 37.3 Å². The minimum atomic E-state index is -4.37. The number of alkyl halides is 3. The second kappa shape index (κ2) is 5.51. The molecule has 4 nitrogen and oxygen atoms in total. The molecule has 1 aromatic carbocycles. The van der Waals surface area contributed by atoms with Crippen molar-refractivity contribution in [1.29, 1.82) is 0 Å². The lowest BCUT2D eigenvalue weighted by atomic mass is 10.2. The van der Waals surface area contributed by atoms with Gasteiger partial charge in [0.25, 0.3) is 0 Å². The first-order valence-corrected chi connectivity index (χ1v) is 6.01. The third-order valence-electron chi connectivity index (χ3n) is 2.93. The van der Waals surface area contributed by atoms with Crippen LogP contribution in [-0.2, 0) is 12.7 Å². The summed E-state index contributed by atoms with van der Waals surface area (Å²) in [6, 6.07) is 5.97. The molecule has 2 N–H and O–H groups in total. The molecular formula is C14H12F3NO3. The molecule has 1 heterocycles. The van der Waals surface area contributed by atoms with Crippen LogP contribution in [0.5, 0.6) is 0 Å². The van der Waals surface area contributed by atoms with Crippen molar-refractivity contribution in [3.8, 4) is 0 Å². The second-order valence-electron chi connectivity index (χ2n) is 4.43. The van der Waals surface area contributed by atoms with E-state index in [9.17, 15) is 18.0 Å². The normalized spacial score (nSPS) is 11.4. The van der Waals surface area contributed by atoms with Gasteiger partial charge in [0.05, 0.1) is 5.56 Å². The third-order valence-corrected chi connectivity index (χ3v) is 2.93. The summed E-state index contributed by atoms with van der Waals surface area (Å²) in [5.74, 6) is -0.887. The van der Waals surface area contributed by atoms with Crippen LogP contribution in [0.4, 0.5) is 18.9 Å². The molecule has 0 aliphatic rings. The molecule has 1 aromatic heterocycles. The number of halogens is 3. The first kappa shape index (κ1) is 15.0. The quantitative estimate of drug-likeness (QED) is 0.898. The number of anilines is 1. The fourth-order valence-corrected chi connectivity index (χ4v) is 1.78. The zero-order valence-corrected chi connectivity index (χ0v) is 11.0. The van der Waals surface area contributed by atoms with Gasteiger partial charge in [-0.3, -0.25) is 0 Å². The highest BCUT2D eigenvalue weighted by Gasteiger charge is 2.29. The molecule has 0 unspecified atom stereocenters. The van der Waals surface area contributed by atoms with E-state index in [1.54, 1.807) is 6.92 Å². The first-order valence-electron chi connectivity index (χ1n) is 6.01. The minimum Gasteiger partial charge on any atom is -0.475 e. The lowest BCUT2D eigenvalue weighted by molar-refractivity contribution is -0.137. The van der Waals surface area contributed by atoms with E-state index >= 15 is 0 Å². The third kappa shape index (κ3) is 3.56. The van der Waals surface area contributed by atoms with Crippen molar-refractivity contribution in [2.24, 2.45) is 0 Å². The standard InChI is InChI=1S/C14H12F3NO3/c1-8-9(6-12(21-8)13(19)20)7-18-11-4-2-10(3-5-11)14(15,16)17/h2-6,18H,7H2,1H3,(H,19,20). The first-order chi connectivity index (χ1) is 9.77. The highest BCUT2D eigenvalue weighted by Crippen LogP contribution is 2.30. The van der Waals surface area contributed by atoms with Crippen molar-refractivity contribution < 1.29 is 27.5 Å². The lowest BCUT2D eigenvalue weighted by Gasteiger charge is -2.09. The van der Waals surface area contributed by atoms with Gasteiger partial charge < -0.3 is 14.8 Å². The lowest BCUT2D eigenvalue weighted by Crippen LogP contribution is -2.05. The summed E-state index contributed by atoms with van der Waals surface area (Å²) in [5, 5.41) is 11.7. The SMILES string of the molecule is Cc1oc(C(=O)O)cc1CNc1ccc(C(F)(F)F)cc1. The highest BCUT2D eigenvalue weighted by molar-refractivity contribution is 5.84. The van der Waals surface area contributed by atoms with Crippen LogP contribution in [-0.4, -0.2) is 11.1 Å². The van der Waals surface area contributed by atoms with Gasteiger partial charge in [0.15, 0.2) is 0 Å². The van der Waals surface area contributed by atoms with Crippen LogP contribution in [0.2, 0.25) is 0 Å². The number of carbonyl (C=O) groups is 1. The number of carboxylic acids is 1. The predicted octanol–water partition coefficient (Wildman–Crippen LogP) is 3.92. The van der Waals surface area contributed by atoms with Gasteiger partial charge in [0.2, 0.25) is 5.76 Å². The molecule has 0 fully saturated rings. The Hall–Kier alpha value is -2.44. The van der Waals surface area contributed by atoms with E-state index in [-0.39, 0.29) is 12.3 Å². The van der Waals surface area contributed by atoms with E-state index in [1.165, 1.54) is 18.2 Å². The van der Waals surface area contributed by atoms with Crippen LogP contribution in [0.15, 0.2) is 34.7 Å². The summed E-state index contributed by atoms with van der Waals surface area (Å²) >= 11 is 0. The molecule has 0 radical (unpaired) electrons. The number of carboxylic acid groups (broad SMARTS) is 1. The number of hydrogen-bond donors (Lipinski definition) is 2. The fourth-order valence-electron chi connectivity index (χ4n) is 1.78. The number of benzene rings is 1. The molecule has 0 amide bonds. The average molecular weight is 299 g/mol. The Balaban J connectivity index is 2.05. The van der Waals surface area contributed by atoms with Crippen LogP contribution in [0, 0.1) is 6.92 Å². The predicted molar refractivity (Wildman–Crippen MR) is 69.2 cm³/mol. The van der Waals surface area contributed by atoms with Crippen molar-refractivity contribution in [2.75, 3.05) is 5.32 Å². The van der Waals surface area contributed by atoms with Crippen molar-refractivity contribution >= 4 is 11.7 Å². The van der Waals surface area contributed by atoms with E-state index in [0.717, 1.165) is 12.1 Å². The van der Waals surface area contributed by atoms with Gasteiger partial charge in [-0.1, -0.05) is 0 Å². The van der Waals surface area contributed by atoms with Crippen molar-refractivity contribution in [3.63, 3.8) is 0 Å². The zero-order chi connectivity index (χ0) is 15.6. The molecule has 2 rings (SSSR count). The van der Waals surface area contributed by atoms with E-state index < -0.39 is 17.7 Å². The molecule has 0 aliphatic heterocycles. The minimum absolute atomic E-state index is 0.170. The largest absolute Gasteiger partial charge is 0.475 e. The topological polar surface area (TPSA) is 62.5 Å². The summed E-state index contributed by atoms with van der Waals surface area (Å²) in [4.78, 5) is 10.8. The van der Waals surface area contributed by atoms with E-state index in [1.807, 2.05) is 0 Å². The molecule has 0 spiro atoms. The molecule has 0 atom stereocenters. The average Bonchev–Trinajstić information content (AvgIpc) is 2.77. The van der Waals surface area contributed by atoms with Gasteiger partial charge in [-0.2, -0.15) is 13.2 Å². The fraction of sp³-hybridized carbons (Fsp3) is 0.214. The van der Waals surface area contributed by atoms with Gasteiger partial charge in [-0.25, -0.2) is 4.79 Å². The number of nitrogens with one attached hydrogen (secondary N) is 1. The van der Waals surface area contributed by atoms with Gasteiger partial charge in [-0.15, -0.1) is 0 Å². The molecule has 2 aromatic rings. The van der Waals surface area contributed by atoms with Crippen molar-refractivity contribution in [3.05, 3.63) is 53.0 Å². The summed E-state index contributed by atoms with van der Waals surface area (Å²) in [6.45, 7) is 1.88. The summed E-state index contributed by atoms with van der Waals surface area (Å²) in [5.41, 5.74) is 0.411. The number of furan rings is 1. The van der Waals surface area contributed by atoms with E-state index in [0.29, 0.717) is 17.0 Å². The molecule has 112 valence electrons. The number of rotatable bonds is 4. The Bertz CT molecular complexity index is 644. The van der Waals surface area contributed by atoms with Crippen LogP contribution in [0.3, 0.4) is 0 Å².